The zero-order valence-corrected chi connectivity index (χ0v) is 19.0. The number of nitriles is 2. The second-order valence-corrected chi connectivity index (χ2v) is 9.33. The van der Waals surface area contributed by atoms with Crippen molar-refractivity contribution in [2.24, 2.45) is 5.92 Å². The van der Waals surface area contributed by atoms with Crippen LogP contribution >= 0.6 is 0 Å². The van der Waals surface area contributed by atoms with Crippen molar-refractivity contribution in [1.82, 2.24) is 4.90 Å². The lowest BCUT2D eigenvalue weighted by Crippen LogP contribution is -2.53. The number of hydrogen-bond acceptors (Lipinski definition) is 3. The van der Waals surface area contributed by atoms with E-state index in [0.717, 1.165) is 17.2 Å². The van der Waals surface area contributed by atoms with Crippen LogP contribution in [0.1, 0.15) is 53.6 Å². The summed E-state index contributed by atoms with van der Waals surface area (Å²) in [6, 6.07) is 21.9. The van der Waals surface area contributed by atoms with Gasteiger partial charge in [0.2, 0.25) is 0 Å². The molecule has 1 heterocycles. The Morgan fingerprint density at radius 2 is 1.44 bits per heavy atom. The summed E-state index contributed by atoms with van der Waals surface area (Å²) in [5, 5.41) is 18.5. The molecule has 2 atom stereocenters. The number of alkyl halides is 1. The van der Waals surface area contributed by atoms with Crippen LogP contribution in [0, 0.1) is 40.2 Å². The molecule has 0 bridgehead atoms. The average molecular weight is 460 g/mol. The number of benzene rings is 3. The minimum atomic E-state index is -1.68. The van der Waals surface area contributed by atoms with E-state index >= 15 is 4.39 Å². The van der Waals surface area contributed by atoms with Crippen molar-refractivity contribution in [3.8, 4) is 12.1 Å². The minimum Gasteiger partial charge on any atom is -0.292 e. The Balaban J connectivity index is 1.66. The fraction of sp³-hybridized carbons (Fsp3) is 0.286. The van der Waals surface area contributed by atoms with Gasteiger partial charge >= 0.3 is 0 Å². The van der Waals surface area contributed by atoms with Crippen molar-refractivity contribution in [3.63, 3.8) is 0 Å². The first kappa shape index (κ1) is 23.5. The molecule has 1 fully saturated rings. The van der Waals surface area contributed by atoms with Crippen molar-refractivity contribution < 1.29 is 13.2 Å². The first-order chi connectivity index (χ1) is 16.2. The number of hydrogen-bond donors (Lipinski definition) is 0. The third-order valence-corrected chi connectivity index (χ3v) is 6.45. The quantitative estimate of drug-likeness (QED) is 0.437. The summed E-state index contributed by atoms with van der Waals surface area (Å²) in [6.45, 7) is 3.91. The van der Waals surface area contributed by atoms with E-state index in [1.165, 1.54) is 26.0 Å². The highest BCUT2D eigenvalue weighted by Gasteiger charge is 2.45. The summed E-state index contributed by atoms with van der Waals surface area (Å²) in [4.78, 5) is 2.16. The van der Waals surface area contributed by atoms with Gasteiger partial charge in [-0.05, 0) is 72.9 Å². The molecule has 0 spiro atoms. The zero-order valence-electron chi connectivity index (χ0n) is 19.0. The van der Waals surface area contributed by atoms with E-state index in [4.69, 9.17) is 5.26 Å². The van der Waals surface area contributed by atoms with Crippen LogP contribution in [0.4, 0.5) is 13.2 Å². The molecular formula is C28H24F3N3. The van der Waals surface area contributed by atoms with Crippen molar-refractivity contribution >= 4 is 0 Å². The minimum absolute atomic E-state index is 0.152. The summed E-state index contributed by atoms with van der Waals surface area (Å²) >= 11 is 0. The first-order valence-electron chi connectivity index (χ1n) is 11.1. The Kier molecular flexibility index (Phi) is 6.46. The SMILES string of the molecule is CC(C)(F)[C@@H](c1cc(F)cc(F)c1)C1CN(C(c2ccc(C#N)cc2)c2cccc(C#N)c2)C1. The molecule has 0 radical (unpaired) electrons. The summed E-state index contributed by atoms with van der Waals surface area (Å²) < 4.78 is 43.1. The normalized spacial score (nSPS) is 16.2. The van der Waals surface area contributed by atoms with Gasteiger partial charge in [0, 0.05) is 25.1 Å². The number of rotatable bonds is 6. The molecule has 0 saturated carbocycles. The van der Waals surface area contributed by atoms with Gasteiger partial charge in [-0.1, -0.05) is 24.3 Å². The second-order valence-electron chi connectivity index (χ2n) is 9.33. The molecule has 3 aromatic carbocycles. The molecular weight excluding hydrogens is 435 g/mol. The maximum absolute atomic E-state index is 15.3. The number of halogens is 3. The molecule has 6 heteroatoms. The van der Waals surface area contributed by atoms with Crippen LogP contribution in [-0.4, -0.2) is 23.7 Å². The standard InChI is InChI=1S/C28H24F3N3/c1-28(2,31)26(22-11-24(29)13-25(30)12-22)23-16-34(17-23)27(20-8-6-18(14-32)7-9-20)21-5-3-4-19(10-21)15-33/h3-13,23,26-27H,16-17H2,1-2H3/t26-,27?/m0/s1. The molecule has 1 unspecified atom stereocenters. The monoisotopic (exact) mass is 459 g/mol. The summed E-state index contributed by atoms with van der Waals surface area (Å²) in [5.74, 6) is -2.27. The van der Waals surface area contributed by atoms with Gasteiger partial charge in [0.1, 0.15) is 17.3 Å². The molecule has 4 rings (SSSR count). The molecule has 172 valence electrons. The van der Waals surface area contributed by atoms with E-state index in [1.807, 2.05) is 30.3 Å². The lowest BCUT2D eigenvalue weighted by atomic mass is 9.72. The number of likely N-dealkylation sites (tertiary alicyclic amines) is 1. The van der Waals surface area contributed by atoms with Crippen LogP contribution in [-0.2, 0) is 0 Å². The van der Waals surface area contributed by atoms with Crippen molar-refractivity contribution in [2.75, 3.05) is 13.1 Å². The van der Waals surface area contributed by atoms with E-state index in [1.54, 1.807) is 18.2 Å². The molecule has 3 nitrogen and oxygen atoms in total. The van der Waals surface area contributed by atoms with Crippen molar-refractivity contribution in [1.29, 1.82) is 10.5 Å². The van der Waals surface area contributed by atoms with E-state index < -0.39 is 23.2 Å². The van der Waals surface area contributed by atoms with E-state index in [9.17, 15) is 14.0 Å². The van der Waals surface area contributed by atoms with Gasteiger partial charge < -0.3 is 0 Å². The highest BCUT2D eigenvalue weighted by molar-refractivity contribution is 5.41. The number of nitrogens with zero attached hydrogens (tertiary/aromatic N) is 3. The Morgan fingerprint density at radius 1 is 0.824 bits per heavy atom. The molecule has 1 aliphatic rings. The lowest BCUT2D eigenvalue weighted by molar-refractivity contribution is 0.00804. The molecule has 1 saturated heterocycles. The molecule has 0 N–H and O–H groups in total. The maximum atomic E-state index is 15.3. The van der Waals surface area contributed by atoms with E-state index in [0.29, 0.717) is 29.8 Å². The fourth-order valence-electron chi connectivity index (χ4n) is 5.09. The van der Waals surface area contributed by atoms with Gasteiger partial charge in [-0.25, -0.2) is 13.2 Å². The van der Waals surface area contributed by atoms with E-state index in [2.05, 4.69) is 17.0 Å². The van der Waals surface area contributed by atoms with Crippen molar-refractivity contribution in [3.05, 3.63) is 106 Å². The smallest absolute Gasteiger partial charge is 0.126 e. The topological polar surface area (TPSA) is 50.8 Å². The molecule has 34 heavy (non-hydrogen) atoms. The fourth-order valence-corrected chi connectivity index (χ4v) is 5.09. The van der Waals surface area contributed by atoms with Gasteiger partial charge in [-0.2, -0.15) is 10.5 Å². The first-order valence-corrected chi connectivity index (χ1v) is 11.1. The van der Waals surface area contributed by atoms with Crippen LogP contribution in [0.5, 0.6) is 0 Å². The Hall–Kier alpha value is -3.61. The Morgan fingerprint density at radius 3 is 2.00 bits per heavy atom. The summed E-state index contributed by atoms with van der Waals surface area (Å²) in [7, 11) is 0. The summed E-state index contributed by atoms with van der Waals surface area (Å²) in [6.07, 6.45) is 0. The third-order valence-electron chi connectivity index (χ3n) is 6.45. The van der Waals surface area contributed by atoms with Crippen molar-refractivity contribution in [2.45, 2.75) is 31.5 Å². The molecule has 0 aromatic heterocycles. The van der Waals surface area contributed by atoms with Gasteiger partial charge in [0.05, 0.1) is 29.3 Å². The molecule has 0 aliphatic carbocycles. The Bertz CT molecular complexity index is 1240. The largest absolute Gasteiger partial charge is 0.292 e. The van der Waals surface area contributed by atoms with Crippen LogP contribution < -0.4 is 0 Å². The van der Waals surface area contributed by atoms with Crippen LogP contribution in [0.15, 0.2) is 66.7 Å². The van der Waals surface area contributed by atoms with E-state index in [-0.39, 0.29) is 12.0 Å². The molecule has 1 aliphatic heterocycles. The van der Waals surface area contributed by atoms with Gasteiger partial charge in [0.25, 0.3) is 0 Å². The maximum Gasteiger partial charge on any atom is 0.126 e. The molecule has 3 aromatic rings. The predicted molar refractivity (Wildman–Crippen MR) is 124 cm³/mol. The second kappa shape index (κ2) is 9.33. The lowest BCUT2D eigenvalue weighted by Gasteiger charge is -2.50. The summed E-state index contributed by atoms with van der Waals surface area (Å²) in [5.41, 5.74) is 1.57. The van der Waals surface area contributed by atoms with Crippen LogP contribution in [0.3, 0.4) is 0 Å². The van der Waals surface area contributed by atoms with Gasteiger partial charge in [-0.3, -0.25) is 4.90 Å². The highest BCUT2D eigenvalue weighted by Crippen LogP contribution is 2.45. The van der Waals surface area contributed by atoms with Crippen LogP contribution in [0.2, 0.25) is 0 Å². The van der Waals surface area contributed by atoms with Crippen LogP contribution in [0.25, 0.3) is 0 Å². The predicted octanol–water partition coefficient (Wildman–Crippen LogP) is 6.26. The van der Waals surface area contributed by atoms with Gasteiger partial charge in [0.15, 0.2) is 0 Å². The average Bonchev–Trinajstić information content (AvgIpc) is 2.76. The Labute approximate surface area is 197 Å². The van der Waals surface area contributed by atoms with Gasteiger partial charge in [-0.15, -0.1) is 0 Å². The highest BCUT2D eigenvalue weighted by atomic mass is 19.1. The third kappa shape index (κ3) is 4.83. The zero-order chi connectivity index (χ0) is 24.5. The molecule has 0 amide bonds.